The van der Waals surface area contributed by atoms with E-state index in [-0.39, 0.29) is 11.9 Å². The van der Waals surface area contributed by atoms with E-state index in [1.165, 1.54) is 32.1 Å². The maximum Gasteiger partial charge on any atom is 0.309 e. The van der Waals surface area contributed by atoms with Crippen molar-refractivity contribution in [3.63, 3.8) is 0 Å². The lowest BCUT2D eigenvalue weighted by Crippen LogP contribution is -2.36. The Bertz CT molecular complexity index is 403. The van der Waals surface area contributed by atoms with Gasteiger partial charge in [0.1, 0.15) is 0 Å². The van der Waals surface area contributed by atoms with Gasteiger partial charge in [-0.2, -0.15) is 0 Å². The molecule has 0 aliphatic heterocycles. The molecule has 0 N–H and O–H groups in total. The van der Waals surface area contributed by atoms with Gasteiger partial charge < -0.3 is 4.74 Å². The van der Waals surface area contributed by atoms with Crippen molar-refractivity contribution in [1.29, 1.82) is 0 Å². The van der Waals surface area contributed by atoms with Crippen LogP contribution in [0.5, 0.6) is 0 Å². The highest BCUT2D eigenvalue weighted by Gasteiger charge is 2.66. The quantitative estimate of drug-likeness (QED) is 0.562. The molecule has 0 heterocycles. The second-order valence-electron chi connectivity index (χ2n) is 6.76. The highest BCUT2D eigenvalue weighted by Crippen LogP contribution is 2.72. The van der Waals surface area contributed by atoms with E-state index < -0.39 is 0 Å². The summed E-state index contributed by atoms with van der Waals surface area (Å²) in [6.45, 7) is 2.45. The van der Waals surface area contributed by atoms with Crippen LogP contribution in [-0.4, -0.2) is 12.6 Å². The zero-order valence-corrected chi connectivity index (χ0v) is 11.1. The van der Waals surface area contributed by atoms with E-state index >= 15 is 0 Å². The largest absolute Gasteiger partial charge is 0.466 e. The van der Waals surface area contributed by atoms with E-state index in [9.17, 15) is 4.79 Å². The fourth-order valence-electron chi connectivity index (χ4n) is 4.98. The number of esters is 1. The molecule has 0 aromatic rings. The predicted molar refractivity (Wildman–Crippen MR) is 68.7 cm³/mol. The molecule has 0 spiro atoms. The van der Waals surface area contributed by atoms with Crippen LogP contribution in [0.25, 0.3) is 0 Å². The highest BCUT2D eigenvalue weighted by atomic mass is 16.5. The molecule has 0 unspecified atom stereocenters. The van der Waals surface area contributed by atoms with Crippen LogP contribution in [0.15, 0.2) is 12.2 Å². The average Bonchev–Trinajstić information content (AvgIpc) is 3.26. The topological polar surface area (TPSA) is 26.3 Å². The van der Waals surface area contributed by atoms with Crippen LogP contribution >= 0.6 is 0 Å². The fraction of sp³-hybridized carbons (Fsp3) is 0.812. The van der Waals surface area contributed by atoms with Gasteiger partial charge in [-0.1, -0.05) is 12.2 Å². The first kappa shape index (κ1) is 11.1. The second kappa shape index (κ2) is 3.61. The molecule has 3 fully saturated rings. The van der Waals surface area contributed by atoms with Gasteiger partial charge >= 0.3 is 5.97 Å². The molecule has 2 nitrogen and oxygen atoms in total. The van der Waals surface area contributed by atoms with Gasteiger partial charge in [-0.05, 0) is 68.1 Å². The van der Waals surface area contributed by atoms with Crippen molar-refractivity contribution < 1.29 is 9.53 Å². The summed E-state index contributed by atoms with van der Waals surface area (Å²) in [5, 5.41) is 0. The first-order chi connectivity index (χ1) is 8.76. The van der Waals surface area contributed by atoms with Crippen molar-refractivity contribution >= 4 is 5.97 Å². The van der Waals surface area contributed by atoms with Gasteiger partial charge in [-0.15, -0.1) is 0 Å². The number of hydrogen-bond acceptors (Lipinski definition) is 2. The van der Waals surface area contributed by atoms with Crippen molar-refractivity contribution in [2.75, 3.05) is 6.61 Å². The average molecular weight is 246 g/mol. The van der Waals surface area contributed by atoms with Crippen LogP contribution in [0.3, 0.4) is 0 Å². The minimum absolute atomic E-state index is 0.0891. The third kappa shape index (κ3) is 1.38. The van der Waals surface area contributed by atoms with Crippen LogP contribution in [0.4, 0.5) is 0 Å². The molecular formula is C16H22O2. The Morgan fingerprint density at radius 2 is 2.00 bits per heavy atom. The number of carbonyl (C=O) groups excluding carboxylic acids is 1. The Balaban J connectivity index is 1.63. The molecule has 3 saturated carbocycles. The zero-order valence-electron chi connectivity index (χ0n) is 11.1. The molecule has 0 amide bonds. The lowest BCUT2D eigenvalue weighted by atomic mass is 9.70. The van der Waals surface area contributed by atoms with Crippen molar-refractivity contribution in [1.82, 2.24) is 0 Å². The monoisotopic (exact) mass is 246 g/mol. The van der Waals surface area contributed by atoms with Crippen LogP contribution in [-0.2, 0) is 9.53 Å². The van der Waals surface area contributed by atoms with E-state index in [1.54, 1.807) is 0 Å². The molecule has 4 rings (SSSR count). The Kier molecular flexibility index (Phi) is 2.22. The Hall–Kier alpha value is -0.790. The van der Waals surface area contributed by atoms with Crippen molar-refractivity contribution in [3.8, 4) is 0 Å². The third-order valence-electron chi connectivity index (χ3n) is 5.90. The number of allylic oxidation sites excluding steroid dienone is 2. The summed E-state index contributed by atoms with van der Waals surface area (Å²) in [4.78, 5) is 12.3. The molecule has 4 aliphatic rings. The maximum absolute atomic E-state index is 12.3. The van der Waals surface area contributed by atoms with Crippen molar-refractivity contribution in [3.05, 3.63) is 12.2 Å². The first-order valence-electron chi connectivity index (χ1n) is 7.61. The fourth-order valence-corrected chi connectivity index (χ4v) is 4.98. The molecule has 18 heavy (non-hydrogen) atoms. The van der Waals surface area contributed by atoms with Gasteiger partial charge in [-0.3, -0.25) is 4.79 Å². The SMILES string of the molecule is CCOC(=O)[C@@H]1[C@@H](C2(C3CC3)CC2)[C@H]2C=C[C@@H]1C2. The summed E-state index contributed by atoms with van der Waals surface area (Å²) in [6.07, 6.45) is 11.5. The number of rotatable bonds is 4. The van der Waals surface area contributed by atoms with E-state index in [4.69, 9.17) is 4.74 Å². The van der Waals surface area contributed by atoms with Gasteiger partial charge in [0, 0.05) is 0 Å². The first-order valence-corrected chi connectivity index (χ1v) is 7.61. The van der Waals surface area contributed by atoms with Gasteiger partial charge in [-0.25, -0.2) is 0 Å². The standard InChI is InChI=1S/C16H22O2/c1-2-18-15(17)13-10-3-4-11(9-10)14(13)16(7-8-16)12-5-6-12/h3-4,10-14H,2,5-9H2,1H3/t10-,11+,13+,14+/m1/s1. The summed E-state index contributed by atoms with van der Waals surface area (Å²) in [5.74, 6) is 2.98. The number of fused-ring (bicyclic) bond motifs is 2. The highest BCUT2D eigenvalue weighted by molar-refractivity contribution is 5.75. The smallest absolute Gasteiger partial charge is 0.309 e. The molecule has 0 radical (unpaired) electrons. The van der Waals surface area contributed by atoms with Crippen LogP contribution in [0, 0.1) is 35.0 Å². The van der Waals surface area contributed by atoms with Crippen molar-refractivity contribution in [2.45, 2.75) is 39.0 Å². The van der Waals surface area contributed by atoms with E-state index in [0.29, 0.717) is 29.8 Å². The number of hydrogen-bond donors (Lipinski definition) is 0. The van der Waals surface area contributed by atoms with Crippen LogP contribution in [0.2, 0.25) is 0 Å². The van der Waals surface area contributed by atoms with E-state index in [2.05, 4.69) is 12.2 Å². The van der Waals surface area contributed by atoms with E-state index in [0.717, 1.165) is 5.92 Å². The van der Waals surface area contributed by atoms with Gasteiger partial charge in [0.05, 0.1) is 12.5 Å². The summed E-state index contributed by atoms with van der Waals surface area (Å²) in [7, 11) is 0. The molecule has 98 valence electrons. The Morgan fingerprint density at radius 3 is 2.61 bits per heavy atom. The summed E-state index contributed by atoms with van der Waals surface area (Å²) >= 11 is 0. The minimum Gasteiger partial charge on any atom is -0.466 e. The minimum atomic E-state index is 0.0891. The number of ether oxygens (including phenoxy) is 1. The second-order valence-corrected chi connectivity index (χ2v) is 6.76. The predicted octanol–water partition coefficient (Wildman–Crippen LogP) is 3.18. The van der Waals surface area contributed by atoms with Crippen LogP contribution in [0.1, 0.15) is 39.0 Å². The van der Waals surface area contributed by atoms with Crippen LogP contribution < -0.4 is 0 Å². The number of carbonyl (C=O) groups is 1. The molecule has 0 aromatic carbocycles. The molecule has 0 aromatic heterocycles. The third-order valence-corrected chi connectivity index (χ3v) is 5.90. The molecule has 0 saturated heterocycles. The summed E-state index contributed by atoms with van der Waals surface area (Å²) in [6, 6.07) is 0. The Labute approximate surface area is 109 Å². The van der Waals surface area contributed by atoms with E-state index in [1.807, 2.05) is 6.92 Å². The summed E-state index contributed by atoms with van der Waals surface area (Å²) in [5.41, 5.74) is 0.543. The lowest BCUT2D eigenvalue weighted by Gasteiger charge is -2.34. The molecular weight excluding hydrogens is 224 g/mol. The zero-order chi connectivity index (χ0) is 12.3. The summed E-state index contributed by atoms with van der Waals surface area (Å²) < 4.78 is 5.36. The normalized spacial score (nSPS) is 43.2. The van der Waals surface area contributed by atoms with Crippen molar-refractivity contribution in [2.24, 2.45) is 35.0 Å². The molecule has 4 aliphatic carbocycles. The van der Waals surface area contributed by atoms with Gasteiger partial charge in [0.25, 0.3) is 0 Å². The van der Waals surface area contributed by atoms with Gasteiger partial charge in [0.2, 0.25) is 0 Å². The maximum atomic E-state index is 12.3. The Morgan fingerprint density at radius 1 is 1.28 bits per heavy atom. The molecule has 2 bridgehead atoms. The molecule has 2 heteroatoms. The molecule has 4 atom stereocenters. The van der Waals surface area contributed by atoms with Gasteiger partial charge in [0.15, 0.2) is 0 Å². The lowest BCUT2D eigenvalue weighted by molar-refractivity contribution is -0.152.